The molecule has 5 heteroatoms. The van der Waals surface area contributed by atoms with Crippen LogP contribution in [-0.2, 0) is 5.54 Å². The monoisotopic (exact) mass is 427 g/mol. The molecule has 2 atom stereocenters. The van der Waals surface area contributed by atoms with Gasteiger partial charge in [0.1, 0.15) is 11.9 Å². The van der Waals surface area contributed by atoms with Crippen LogP contribution in [0.4, 0.5) is 0 Å². The number of hydrogen-bond acceptors (Lipinski definition) is 5. The van der Waals surface area contributed by atoms with E-state index in [1.165, 1.54) is 5.56 Å². The number of rotatable bonds is 3. The van der Waals surface area contributed by atoms with Crippen LogP contribution in [0.15, 0.2) is 82.8 Å². The van der Waals surface area contributed by atoms with Gasteiger partial charge in [-0.15, -0.1) is 0 Å². The maximum Gasteiger partial charge on any atom is 0.154 e. The molecule has 1 spiro atoms. The van der Waals surface area contributed by atoms with E-state index < -0.39 is 0 Å². The molecule has 2 unspecified atom stereocenters. The van der Waals surface area contributed by atoms with Gasteiger partial charge in [-0.3, -0.25) is 9.98 Å². The number of benzene rings is 3. The van der Waals surface area contributed by atoms with Gasteiger partial charge in [-0.1, -0.05) is 66.4 Å². The van der Waals surface area contributed by atoms with Crippen molar-refractivity contribution in [1.29, 1.82) is 0 Å². The van der Waals surface area contributed by atoms with Gasteiger partial charge < -0.3 is 10.5 Å². The molecule has 3 aromatic rings. The third-order valence-corrected chi connectivity index (χ3v) is 6.83. The number of nitrogens with zero attached hydrogens (tertiary/aromatic N) is 2. The van der Waals surface area contributed by atoms with Crippen LogP contribution < -0.4 is 10.5 Å². The minimum absolute atomic E-state index is 0.0386. The molecule has 0 fully saturated rings. The summed E-state index contributed by atoms with van der Waals surface area (Å²) in [6, 6.07) is 25.3. The van der Waals surface area contributed by atoms with Crippen molar-refractivity contribution in [3.8, 4) is 16.9 Å². The van der Waals surface area contributed by atoms with E-state index in [9.17, 15) is 0 Å². The summed E-state index contributed by atoms with van der Waals surface area (Å²) < 4.78 is 6.50. The second-order valence-corrected chi connectivity index (χ2v) is 9.14. The van der Waals surface area contributed by atoms with Crippen LogP contribution in [0.2, 0.25) is 0 Å². The van der Waals surface area contributed by atoms with Crippen molar-refractivity contribution in [1.82, 2.24) is 0 Å². The Morgan fingerprint density at radius 1 is 1.06 bits per heavy atom. The number of aliphatic imine (C=N–C) groups is 2. The van der Waals surface area contributed by atoms with Gasteiger partial charge in [0, 0.05) is 31.0 Å². The molecule has 0 aliphatic carbocycles. The molecule has 31 heavy (non-hydrogen) atoms. The summed E-state index contributed by atoms with van der Waals surface area (Å²) >= 11 is 1.64. The predicted octanol–water partition coefficient (Wildman–Crippen LogP) is 5.57. The smallest absolute Gasteiger partial charge is 0.154 e. The third-order valence-electron chi connectivity index (χ3n) is 6.03. The second-order valence-electron chi connectivity index (χ2n) is 8.03. The minimum Gasteiger partial charge on any atom is -0.485 e. The summed E-state index contributed by atoms with van der Waals surface area (Å²) in [6.07, 6.45) is 3.57. The number of hydrogen-bond donors (Lipinski definition) is 1. The maximum absolute atomic E-state index is 6.50. The summed E-state index contributed by atoms with van der Waals surface area (Å²) in [4.78, 5) is 9.17. The zero-order valence-electron chi connectivity index (χ0n) is 17.5. The molecular weight excluding hydrogens is 402 g/mol. The molecule has 2 N–H and O–H groups in total. The quantitative estimate of drug-likeness (QED) is 0.556. The van der Waals surface area contributed by atoms with E-state index in [1.807, 2.05) is 12.3 Å². The molecule has 0 saturated heterocycles. The fraction of sp³-hybridized carbons (Fsp3) is 0.231. The Morgan fingerprint density at radius 3 is 2.71 bits per heavy atom. The van der Waals surface area contributed by atoms with Crippen LogP contribution in [0.5, 0.6) is 5.75 Å². The van der Waals surface area contributed by atoms with E-state index in [2.05, 4.69) is 71.7 Å². The Bertz CT molecular complexity index is 1160. The molecule has 0 saturated carbocycles. The predicted molar refractivity (Wildman–Crippen MR) is 130 cm³/mol. The first-order valence-electron chi connectivity index (χ1n) is 10.5. The highest BCUT2D eigenvalue weighted by atomic mass is 32.2. The number of ether oxygens (including phenoxy) is 1. The standard InChI is InChI=1S/C26H25N3OS/c1-28-17-18-6-5-9-20(14-18)21-10-11-23-22(15-21)26(12-13-31-25(27)29-26)16-24(30-23)19-7-3-2-4-8-19/h2-11,14-15,17,24H,12-13,16H2,1H3,(H2,27,29). The normalized spacial score (nSPS) is 22.7. The van der Waals surface area contributed by atoms with Crippen molar-refractivity contribution in [2.75, 3.05) is 12.8 Å². The molecule has 0 radical (unpaired) electrons. The highest BCUT2D eigenvalue weighted by molar-refractivity contribution is 8.13. The first-order valence-corrected chi connectivity index (χ1v) is 11.5. The fourth-order valence-electron chi connectivity index (χ4n) is 4.55. The molecule has 2 aliphatic heterocycles. The lowest BCUT2D eigenvalue weighted by molar-refractivity contribution is 0.123. The third kappa shape index (κ3) is 3.86. The van der Waals surface area contributed by atoms with Crippen LogP contribution in [0.25, 0.3) is 11.1 Å². The van der Waals surface area contributed by atoms with E-state index >= 15 is 0 Å². The Hall–Kier alpha value is -3.05. The molecule has 5 rings (SSSR count). The van der Waals surface area contributed by atoms with Gasteiger partial charge in [0.2, 0.25) is 0 Å². The Kier molecular flexibility index (Phi) is 5.28. The number of nitrogens with two attached hydrogens (primary N) is 1. The Labute approximate surface area is 187 Å². The van der Waals surface area contributed by atoms with Crippen molar-refractivity contribution in [2.45, 2.75) is 24.5 Å². The van der Waals surface area contributed by atoms with Crippen LogP contribution >= 0.6 is 11.8 Å². The lowest BCUT2D eigenvalue weighted by Crippen LogP contribution is -2.37. The SMILES string of the molecule is CN=Cc1cccc(-c2ccc3c(c2)C2(CCSC(N)=N2)CC(c2ccccc2)O3)c1. The van der Waals surface area contributed by atoms with E-state index in [0.717, 1.165) is 46.6 Å². The molecule has 2 aliphatic rings. The first-order chi connectivity index (χ1) is 15.2. The summed E-state index contributed by atoms with van der Waals surface area (Å²) in [5.41, 5.74) is 11.6. The molecule has 0 bridgehead atoms. The second kappa shape index (κ2) is 8.23. The zero-order chi connectivity index (χ0) is 21.3. The summed E-state index contributed by atoms with van der Waals surface area (Å²) in [6.45, 7) is 0. The van der Waals surface area contributed by atoms with Crippen LogP contribution in [-0.4, -0.2) is 24.2 Å². The van der Waals surface area contributed by atoms with E-state index in [1.54, 1.807) is 18.8 Å². The van der Waals surface area contributed by atoms with Crippen LogP contribution in [0, 0.1) is 0 Å². The summed E-state index contributed by atoms with van der Waals surface area (Å²) in [7, 11) is 1.79. The molecular formula is C26H25N3OS. The van der Waals surface area contributed by atoms with Gasteiger partial charge in [-0.05, 0) is 46.9 Å². The average molecular weight is 428 g/mol. The molecule has 156 valence electrons. The minimum atomic E-state index is -0.359. The number of fused-ring (bicyclic) bond motifs is 2. The first kappa shape index (κ1) is 19.9. The lowest BCUT2D eigenvalue weighted by Gasteiger charge is -2.42. The van der Waals surface area contributed by atoms with Crippen molar-refractivity contribution in [3.63, 3.8) is 0 Å². The number of amidine groups is 1. The van der Waals surface area contributed by atoms with Gasteiger partial charge in [0.25, 0.3) is 0 Å². The Morgan fingerprint density at radius 2 is 1.90 bits per heavy atom. The van der Waals surface area contributed by atoms with Gasteiger partial charge in [-0.25, -0.2) is 0 Å². The maximum atomic E-state index is 6.50. The molecule has 2 heterocycles. The van der Waals surface area contributed by atoms with E-state index in [-0.39, 0.29) is 11.6 Å². The van der Waals surface area contributed by atoms with Crippen LogP contribution in [0.1, 0.15) is 35.6 Å². The van der Waals surface area contributed by atoms with Gasteiger partial charge in [0.05, 0.1) is 5.54 Å². The summed E-state index contributed by atoms with van der Waals surface area (Å²) in [5, 5.41) is 0.664. The largest absolute Gasteiger partial charge is 0.485 e. The van der Waals surface area contributed by atoms with Gasteiger partial charge >= 0.3 is 0 Å². The van der Waals surface area contributed by atoms with Gasteiger partial charge in [0.15, 0.2) is 5.17 Å². The van der Waals surface area contributed by atoms with E-state index in [4.69, 9.17) is 15.5 Å². The summed E-state index contributed by atoms with van der Waals surface area (Å²) in [5.74, 6) is 1.86. The lowest BCUT2D eigenvalue weighted by atomic mass is 9.78. The average Bonchev–Trinajstić information content (AvgIpc) is 2.80. The van der Waals surface area contributed by atoms with E-state index in [0.29, 0.717) is 5.17 Å². The topological polar surface area (TPSA) is 60.0 Å². The van der Waals surface area contributed by atoms with Crippen molar-refractivity contribution in [2.24, 2.45) is 15.7 Å². The fourth-order valence-corrected chi connectivity index (χ4v) is 5.44. The molecule has 3 aromatic carbocycles. The van der Waals surface area contributed by atoms with Crippen molar-refractivity contribution in [3.05, 3.63) is 89.5 Å². The molecule has 4 nitrogen and oxygen atoms in total. The zero-order valence-corrected chi connectivity index (χ0v) is 18.3. The van der Waals surface area contributed by atoms with Crippen molar-refractivity contribution >= 4 is 23.1 Å². The highest BCUT2D eigenvalue weighted by Crippen LogP contribution is 2.51. The highest BCUT2D eigenvalue weighted by Gasteiger charge is 2.44. The Balaban J connectivity index is 1.62. The number of thioether (sulfide) groups is 1. The van der Waals surface area contributed by atoms with Gasteiger partial charge in [-0.2, -0.15) is 0 Å². The van der Waals surface area contributed by atoms with Crippen molar-refractivity contribution < 1.29 is 4.74 Å². The molecule has 0 amide bonds. The van der Waals surface area contributed by atoms with Crippen LogP contribution in [0.3, 0.4) is 0 Å². The molecule has 0 aromatic heterocycles.